The van der Waals surface area contributed by atoms with Crippen molar-refractivity contribution in [2.45, 2.75) is 13.0 Å². The van der Waals surface area contributed by atoms with Gasteiger partial charge in [0.1, 0.15) is 18.2 Å². The third-order valence-corrected chi connectivity index (χ3v) is 3.11. The molecule has 0 aliphatic carbocycles. The highest BCUT2D eigenvalue weighted by atomic mass is 35.5. The number of nitrogens with two attached hydrogens (primary N) is 1. The number of anilines is 1. The Morgan fingerprint density at radius 3 is 2.80 bits per heavy atom. The number of aromatic nitrogens is 1. The van der Waals surface area contributed by atoms with E-state index in [9.17, 15) is 0 Å². The lowest BCUT2D eigenvalue weighted by Gasteiger charge is -2.20. The largest absolute Gasteiger partial charge is 0.492 e. The Labute approximate surface area is 123 Å². The fourth-order valence-electron chi connectivity index (χ4n) is 1.95. The Hall–Kier alpha value is -1.78. The quantitative estimate of drug-likeness (QED) is 0.859. The van der Waals surface area contributed by atoms with Crippen LogP contribution in [0, 0.1) is 0 Å². The highest BCUT2D eigenvalue weighted by Crippen LogP contribution is 2.23. The summed E-state index contributed by atoms with van der Waals surface area (Å²) in [5.74, 6) is 1.29. The molecule has 3 N–H and O–H groups in total. The molecule has 0 bridgehead atoms. The summed E-state index contributed by atoms with van der Waals surface area (Å²) in [6.45, 7) is 3.29. The summed E-state index contributed by atoms with van der Waals surface area (Å²) in [7, 11) is 0. The van der Waals surface area contributed by atoms with Crippen molar-refractivity contribution in [1.29, 1.82) is 0 Å². The summed E-state index contributed by atoms with van der Waals surface area (Å²) in [4.78, 5) is 4.09. The van der Waals surface area contributed by atoms with Crippen molar-refractivity contribution in [3.05, 3.63) is 53.2 Å². The third kappa shape index (κ3) is 3.85. The van der Waals surface area contributed by atoms with Crippen molar-refractivity contribution in [2.24, 2.45) is 0 Å². The van der Waals surface area contributed by atoms with Crippen LogP contribution in [0.25, 0.3) is 0 Å². The predicted molar refractivity (Wildman–Crippen MR) is 82.0 cm³/mol. The molecule has 1 unspecified atom stereocenters. The molecular formula is C15H18ClN3O. The highest BCUT2D eigenvalue weighted by Gasteiger charge is 2.15. The average molecular weight is 292 g/mol. The van der Waals surface area contributed by atoms with Gasteiger partial charge in [-0.1, -0.05) is 36.7 Å². The molecule has 1 atom stereocenters. The number of hydrogen-bond donors (Lipinski definition) is 2. The molecule has 0 spiro atoms. The van der Waals surface area contributed by atoms with Crippen LogP contribution in [0.15, 0.2) is 42.6 Å². The van der Waals surface area contributed by atoms with Crippen LogP contribution in [0.2, 0.25) is 5.02 Å². The van der Waals surface area contributed by atoms with Gasteiger partial charge in [-0.2, -0.15) is 0 Å². The number of nitrogens with one attached hydrogen (secondary N) is 1. The lowest BCUT2D eigenvalue weighted by Crippen LogP contribution is -2.27. The van der Waals surface area contributed by atoms with Crippen molar-refractivity contribution in [3.63, 3.8) is 0 Å². The summed E-state index contributed by atoms with van der Waals surface area (Å²) in [6, 6.07) is 11.4. The van der Waals surface area contributed by atoms with Crippen LogP contribution in [0.4, 0.5) is 5.82 Å². The zero-order valence-electron chi connectivity index (χ0n) is 11.3. The summed E-state index contributed by atoms with van der Waals surface area (Å²) in [5.41, 5.74) is 6.78. The second kappa shape index (κ2) is 7.12. The first-order valence-corrected chi connectivity index (χ1v) is 6.90. The highest BCUT2D eigenvalue weighted by molar-refractivity contribution is 6.30. The molecule has 0 radical (unpaired) electrons. The number of pyridine rings is 1. The van der Waals surface area contributed by atoms with Gasteiger partial charge in [-0.25, -0.2) is 4.98 Å². The predicted octanol–water partition coefficient (Wildman–Crippen LogP) is 3.05. The Bertz CT molecular complexity index is 548. The van der Waals surface area contributed by atoms with Gasteiger partial charge >= 0.3 is 0 Å². The van der Waals surface area contributed by atoms with Crippen molar-refractivity contribution in [1.82, 2.24) is 10.3 Å². The van der Waals surface area contributed by atoms with Crippen LogP contribution in [-0.4, -0.2) is 18.1 Å². The van der Waals surface area contributed by atoms with Gasteiger partial charge < -0.3 is 15.8 Å². The number of hydrogen-bond acceptors (Lipinski definition) is 4. The van der Waals surface area contributed by atoms with Gasteiger partial charge in [-0.05, 0) is 24.7 Å². The summed E-state index contributed by atoms with van der Waals surface area (Å²) in [5, 5.41) is 3.90. The molecule has 106 valence electrons. The first-order valence-electron chi connectivity index (χ1n) is 6.53. The topological polar surface area (TPSA) is 60.2 Å². The molecule has 0 amide bonds. The van der Waals surface area contributed by atoms with Gasteiger partial charge in [0.15, 0.2) is 0 Å². The van der Waals surface area contributed by atoms with Crippen LogP contribution in [-0.2, 0) is 0 Å². The maximum atomic E-state index is 5.99. The fraction of sp³-hybridized carbons (Fsp3) is 0.267. The van der Waals surface area contributed by atoms with Gasteiger partial charge in [-0.3, -0.25) is 0 Å². The standard InChI is InChI=1S/C15H18ClN3O/c1-2-18-14(10-20-12-6-4-3-5-7-12)13-8-11(16)9-19-15(13)17/h3-9,14,18H,2,10H2,1H3,(H2,17,19). The van der Waals surface area contributed by atoms with E-state index in [-0.39, 0.29) is 6.04 Å². The van der Waals surface area contributed by atoms with Crippen LogP contribution < -0.4 is 15.8 Å². The minimum absolute atomic E-state index is 0.0496. The summed E-state index contributed by atoms with van der Waals surface area (Å²) in [6.07, 6.45) is 1.54. The van der Waals surface area contributed by atoms with Crippen LogP contribution in [0.3, 0.4) is 0 Å². The van der Waals surface area contributed by atoms with Crippen LogP contribution in [0.5, 0.6) is 5.75 Å². The van der Waals surface area contributed by atoms with Gasteiger partial charge in [0, 0.05) is 11.8 Å². The van der Waals surface area contributed by atoms with Crippen LogP contribution >= 0.6 is 11.6 Å². The molecule has 1 aromatic carbocycles. The van der Waals surface area contributed by atoms with Crippen molar-refractivity contribution < 1.29 is 4.74 Å². The molecule has 2 rings (SSSR count). The van der Waals surface area contributed by atoms with Gasteiger partial charge in [0.2, 0.25) is 0 Å². The van der Waals surface area contributed by atoms with Gasteiger partial charge in [-0.15, -0.1) is 0 Å². The normalized spacial score (nSPS) is 12.1. The van der Waals surface area contributed by atoms with E-state index < -0.39 is 0 Å². The molecule has 4 nitrogen and oxygen atoms in total. The molecule has 0 saturated carbocycles. The monoisotopic (exact) mass is 291 g/mol. The molecule has 0 saturated heterocycles. The van der Waals surface area contributed by atoms with Crippen molar-refractivity contribution >= 4 is 17.4 Å². The first kappa shape index (κ1) is 14.6. The number of nitrogens with zero attached hydrogens (tertiary/aromatic N) is 1. The minimum atomic E-state index is -0.0496. The van der Waals surface area contributed by atoms with Crippen molar-refractivity contribution in [3.8, 4) is 5.75 Å². The zero-order valence-corrected chi connectivity index (χ0v) is 12.1. The Morgan fingerprint density at radius 2 is 2.10 bits per heavy atom. The number of likely N-dealkylation sites (N-methyl/N-ethyl adjacent to an activating group) is 1. The number of para-hydroxylation sites is 1. The Kier molecular flexibility index (Phi) is 5.21. The molecule has 2 aromatic rings. The number of ether oxygens (including phenoxy) is 1. The summed E-state index contributed by atoms with van der Waals surface area (Å²) >= 11 is 5.99. The minimum Gasteiger partial charge on any atom is -0.492 e. The van der Waals surface area contributed by atoms with E-state index in [0.717, 1.165) is 17.9 Å². The van der Waals surface area contributed by atoms with Crippen molar-refractivity contribution in [2.75, 3.05) is 18.9 Å². The molecular weight excluding hydrogens is 274 g/mol. The second-order valence-electron chi connectivity index (χ2n) is 4.36. The van der Waals surface area contributed by atoms with E-state index in [1.807, 2.05) is 43.3 Å². The second-order valence-corrected chi connectivity index (χ2v) is 4.80. The summed E-state index contributed by atoms with van der Waals surface area (Å²) < 4.78 is 5.78. The molecule has 1 heterocycles. The number of nitrogen functional groups attached to an aromatic ring is 1. The van der Waals surface area contributed by atoms with Crippen LogP contribution in [0.1, 0.15) is 18.5 Å². The lowest BCUT2D eigenvalue weighted by atomic mass is 10.1. The molecule has 0 aliphatic heterocycles. The molecule has 0 fully saturated rings. The van der Waals surface area contributed by atoms with Gasteiger partial charge in [0.05, 0.1) is 11.1 Å². The van der Waals surface area contributed by atoms with Gasteiger partial charge in [0.25, 0.3) is 0 Å². The molecule has 5 heteroatoms. The van der Waals surface area contributed by atoms with E-state index >= 15 is 0 Å². The SMILES string of the molecule is CCNC(COc1ccccc1)c1cc(Cl)cnc1N. The van der Waals surface area contributed by atoms with E-state index in [1.165, 1.54) is 0 Å². The van der Waals surface area contributed by atoms with E-state index in [4.69, 9.17) is 22.1 Å². The van der Waals surface area contributed by atoms with E-state index in [1.54, 1.807) is 6.20 Å². The Morgan fingerprint density at radius 1 is 1.35 bits per heavy atom. The first-order chi connectivity index (χ1) is 9.70. The Balaban J connectivity index is 2.12. The smallest absolute Gasteiger partial charge is 0.128 e. The maximum absolute atomic E-state index is 5.99. The number of benzene rings is 1. The van der Waals surface area contributed by atoms with E-state index in [2.05, 4.69) is 10.3 Å². The molecule has 20 heavy (non-hydrogen) atoms. The number of rotatable bonds is 6. The number of halogens is 1. The third-order valence-electron chi connectivity index (χ3n) is 2.90. The van der Waals surface area contributed by atoms with E-state index in [0.29, 0.717) is 17.4 Å². The molecule has 1 aromatic heterocycles. The zero-order chi connectivity index (χ0) is 14.4. The molecule has 0 aliphatic rings. The lowest BCUT2D eigenvalue weighted by molar-refractivity contribution is 0.268. The average Bonchev–Trinajstić information content (AvgIpc) is 2.47. The maximum Gasteiger partial charge on any atom is 0.128 e. The fourth-order valence-corrected chi connectivity index (χ4v) is 2.11.